The van der Waals surface area contributed by atoms with Gasteiger partial charge in [0.1, 0.15) is 5.82 Å². The Hall–Kier alpha value is -2.47. The molecule has 6 heteroatoms. The summed E-state index contributed by atoms with van der Waals surface area (Å²) in [6.07, 6.45) is 0. The summed E-state index contributed by atoms with van der Waals surface area (Å²) < 4.78 is 18.7. The lowest BCUT2D eigenvalue weighted by molar-refractivity contribution is 0.0993. The molecule has 0 radical (unpaired) electrons. The molecule has 3 rings (SSSR count). The molecule has 27 heavy (non-hydrogen) atoms. The van der Waals surface area contributed by atoms with E-state index in [0.29, 0.717) is 16.7 Å². The standard InChI is InChI=1S/C21H21FN2O2S/c1-13(18(25)14-7-11-17(22)12-8-14)27-20-24-23-19(26-20)15-5-9-16(10-6-15)21(2,3)4/h5-13H,1-4H3. The van der Waals surface area contributed by atoms with Gasteiger partial charge in [-0.1, -0.05) is 44.7 Å². The summed E-state index contributed by atoms with van der Waals surface area (Å²) in [5, 5.41) is 8.01. The van der Waals surface area contributed by atoms with Crippen molar-refractivity contribution >= 4 is 17.5 Å². The number of aromatic nitrogens is 2. The molecule has 0 saturated carbocycles. The molecule has 1 unspecified atom stereocenters. The molecule has 0 spiro atoms. The topological polar surface area (TPSA) is 56.0 Å². The molecular weight excluding hydrogens is 363 g/mol. The lowest BCUT2D eigenvalue weighted by atomic mass is 9.87. The highest BCUT2D eigenvalue weighted by Crippen LogP contribution is 2.29. The van der Waals surface area contributed by atoms with E-state index in [-0.39, 0.29) is 17.0 Å². The van der Waals surface area contributed by atoms with E-state index in [9.17, 15) is 9.18 Å². The van der Waals surface area contributed by atoms with Crippen LogP contribution in [0.1, 0.15) is 43.6 Å². The van der Waals surface area contributed by atoms with Gasteiger partial charge in [0, 0.05) is 11.1 Å². The summed E-state index contributed by atoms with van der Waals surface area (Å²) in [6, 6.07) is 13.5. The first-order chi connectivity index (χ1) is 12.7. The van der Waals surface area contributed by atoms with Crippen molar-refractivity contribution < 1.29 is 13.6 Å². The number of benzene rings is 2. The molecule has 1 atom stereocenters. The summed E-state index contributed by atoms with van der Waals surface area (Å²) in [6.45, 7) is 8.23. The van der Waals surface area contributed by atoms with Crippen LogP contribution in [0.5, 0.6) is 0 Å². The molecule has 1 heterocycles. The molecule has 0 aliphatic heterocycles. The van der Waals surface area contributed by atoms with Gasteiger partial charge in [0.15, 0.2) is 5.78 Å². The van der Waals surface area contributed by atoms with Crippen molar-refractivity contribution in [1.29, 1.82) is 0 Å². The molecule has 2 aromatic carbocycles. The molecule has 140 valence electrons. The van der Waals surface area contributed by atoms with E-state index < -0.39 is 5.25 Å². The van der Waals surface area contributed by atoms with Gasteiger partial charge in [0.2, 0.25) is 5.89 Å². The fourth-order valence-corrected chi connectivity index (χ4v) is 3.30. The quantitative estimate of drug-likeness (QED) is 0.427. The smallest absolute Gasteiger partial charge is 0.277 e. The summed E-state index contributed by atoms with van der Waals surface area (Å²) in [5.41, 5.74) is 2.58. The first-order valence-electron chi connectivity index (χ1n) is 8.65. The Morgan fingerprint density at radius 3 is 2.26 bits per heavy atom. The van der Waals surface area contributed by atoms with Crippen LogP contribution in [0.3, 0.4) is 0 Å². The van der Waals surface area contributed by atoms with Gasteiger partial charge >= 0.3 is 0 Å². The van der Waals surface area contributed by atoms with Crippen LogP contribution in [0, 0.1) is 5.82 Å². The minimum Gasteiger partial charge on any atom is -0.411 e. The maximum Gasteiger partial charge on any atom is 0.277 e. The van der Waals surface area contributed by atoms with Crippen molar-refractivity contribution in [1.82, 2.24) is 10.2 Å². The van der Waals surface area contributed by atoms with Gasteiger partial charge in [-0.25, -0.2) is 4.39 Å². The highest BCUT2D eigenvalue weighted by molar-refractivity contribution is 8.00. The Bertz CT molecular complexity index is 928. The second-order valence-electron chi connectivity index (χ2n) is 7.33. The second-order valence-corrected chi connectivity index (χ2v) is 8.62. The third-order valence-corrected chi connectivity index (χ3v) is 5.11. The van der Waals surface area contributed by atoms with E-state index in [4.69, 9.17) is 4.42 Å². The van der Waals surface area contributed by atoms with Gasteiger partial charge in [-0.2, -0.15) is 0 Å². The fourth-order valence-electron chi connectivity index (χ4n) is 2.54. The van der Waals surface area contributed by atoms with Crippen LogP contribution in [-0.4, -0.2) is 21.2 Å². The Morgan fingerprint density at radius 1 is 1.04 bits per heavy atom. The zero-order valence-electron chi connectivity index (χ0n) is 15.7. The SMILES string of the molecule is CC(Sc1nnc(-c2ccc(C(C)(C)C)cc2)o1)C(=O)c1ccc(F)cc1. The second kappa shape index (κ2) is 7.64. The number of hydrogen-bond donors (Lipinski definition) is 0. The third-order valence-electron chi connectivity index (χ3n) is 4.18. The van der Waals surface area contributed by atoms with Gasteiger partial charge in [-0.05, 0) is 54.3 Å². The number of hydrogen-bond acceptors (Lipinski definition) is 5. The van der Waals surface area contributed by atoms with Crippen molar-refractivity contribution in [3.8, 4) is 11.5 Å². The number of rotatable bonds is 5. The van der Waals surface area contributed by atoms with E-state index in [1.54, 1.807) is 6.92 Å². The Kier molecular flexibility index (Phi) is 5.46. The normalized spacial score (nSPS) is 12.8. The van der Waals surface area contributed by atoms with Gasteiger partial charge in [0.25, 0.3) is 5.22 Å². The van der Waals surface area contributed by atoms with E-state index in [2.05, 4.69) is 31.0 Å². The number of carbonyl (C=O) groups is 1. The predicted octanol–water partition coefficient (Wildman–Crippen LogP) is 5.54. The van der Waals surface area contributed by atoms with Crippen molar-refractivity contribution in [3.05, 3.63) is 65.5 Å². The molecule has 0 aliphatic rings. The molecular formula is C21H21FN2O2S. The summed E-state index contributed by atoms with van der Waals surface area (Å²) in [7, 11) is 0. The van der Waals surface area contributed by atoms with Crippen LogP contribution in [0.25, 0.3) is 11.5 Å². The zero-order chi connectivity index (χ0) is 19.6. The number of ketones is 1. The number of carbonyl (C=O) groups excluding carboxylic acids is 1. The van der Waals surface area contributed by atoms with E-state index in [1.165, 1.54) is 41.6 Å². The number of thioether (sulfide) groups is 1. The number of Topliss-reactive ketones (excluding diaryl/α,β-unsaturated/α-hetero) is 1. The molecule has 0 bridgehead atoms. The van der Waals surface area contributed by atoms with E-state index in [0.717, 1.165) is 5.56 Å². The molecule has 0 fully saturated rings. The molecule has 0 aliphatic carbocycles. The van der Waals surface area contributed by atoms with Gasteiger partial charge < -0.3 is 4.42 Å². The lowest BCUT2D eigenvalue weighted by Gasteiger charge is -2.18. The van der Waals surface area contributed by atoms with Gasteiger partial charge in [-0.15, -0.1) is 10.2 Å². The zero-order valence-corrected chi connectivity index (χ0v) is 16.5. The maximum absolute atomic E-state index is 13.0. The number of nitrogens with zero attached hydrogens (tertiary/aromatic N) is 2. The fraction of sp³-hybridized carbons (Fsp3) is 0.286. The van der Waals surface area contributed by atoms with Gasteiger partial charge in [0.05, 0.1) is 5.25 Å². The highest BCUT2D eigenvalue weighted by atomic mass is 32.2. The highest BCUT2D eigenvalue weighted by Gasteiger charge is 2.20. The number of halogens is 1. The molecule has 0 amide bonds. The van der Waals surface area contributed by atoms with Crippen molar-refractivity contribution in [3.63, 3.8) is 0 Å². The Labute approximate surface area is 162 Å². The molecule has 0 saturated heterocycles. The molecule has 3 aromatic rings. The minimum atomic E-state index is -0.424. The third kappa shape index (κ3) is 4.63. The maximum atomic E-state index is 13.0. The lowest BCUT2D eigenvalue weighted by Crippen LogP contribution is -2.13. The summed E-state index contributed by atoms with van der Waals surface area (Å²) in [4.78, 5) is 12.4. The molecule has 4 nitrogen and oxygen atoms in total. The van der Waals surface area contributed by atoms with Gasteiger partial charge in [-0.3, -0.25) is 4.79 Å². The van der Waals surface area contributed by atoms with E-state index >= 15 is 0 Å². The van der Waals surface area contributed by atoms with Crippen LogP contribution >= 0.6 is 11.8 Å². The average Bonchev–Trinajstić information content (AvgIpc) is 3.09. The molecule has 0 N–H and O–H groups in total. The summed E-state index contributed by atoms with van der Waals surface area (Å²) in [5.74, 6) is -0.0699. The summed E-state index contributed by atoms with van der Waals surface area (Å²) >= 11 is 1.19. The monoisotopic (exact) mass is 384 g/mol. The largest absolute Gasteiger partial charge is 0.411 e. The van der Waals surface area contributed by atoms with Crippen LogP contribution in [0.4, 0.5) is 4.39 Å². The van der Waals surface area contributed by atoms with Crippen molar-refractivity contribution in [2.24, 2.45) is 0 Å². The van der Waals surface area contributed by atoms with Crippen LogP contribution in [0.2, 0.25) is 0 Å². The van der Waals surface area contributed by atoms with Crippen molar-refractivity contribution in [2.45, 2.75) is 43.6 Å². The average molecular weight is 384 g/mol. The predicted molar refractivity (Wildman–Crippen MR) is 104 cm³/mol. The first kappa shape index (κ1) is 19.3. The first-order valence-corrected chi connectivity index (χ1v) is 9.53. The van der Waals surface area contributed by atoms with Crippen molar-refractivity contribution in [2.75, 3.05) is 0 Å². The van der Waals surface area contributed by atoms with E-state index in [1.807, 2.05) is 24.3 Å². The van der Waals surface area contributed by atoms with Crippen LogP contribution in [0.15, 0.2) is 58.2 Å². The Morgan fingerprint density at radius 2 is 1.67 bits per heavy atom. The minimum absolute atomic E-state index is 0.0739. The van der Waals surface area contributed by atoms with Crippen LogP contribution < -0.4 is 0 Å². The Balaban J connectivity index is 1.70. The van der Waals surface area contributed by atoms with Crippen LogP contribution in [-0.2, 0) is 5.41 Å². The molecule has 1 aromatic heterocycles.